The summed E-state index contributed by atoms with van der Waals surface area (Å²) in [6.45, 7) is 2.11. The monoisotopic (exact) mass is 295 g/mol. The van der Waals surface area contributed by atoms with Crippen LogP contribution in [0.3, 0.4) is 0 Å². The number of cyclic esters (lactones) is 1. The Bertz CT molecular complexity index is 677. The molecule has 2 N–H and O–H groups in total. The number of esters is 1. The van der Waals surface area contributed by atoms with E-state index < -0.39 is 15.1 Å². The van der Waals surface area contributed by atoms with Crippen molar-refractivity contribution in [3.05, 3.63) is 34.4 Å². The summed E-state index contributed by atoms with van der Waals surface area (Å²) < 4.78 is 29.9. The largest absolute Gasteiger partial charge is 0.457 e. The molecule has 5 nitrogen and oxygen atoms in total. The summed E-state index contributed by atoms with van der Waals surface area (Å²) in [6, 6.07) is 3.36. The third-order valence-electron chi connectivity index (χ3n) is 4.15. The van der Waals surface area contributed by atoms with Crippen molar-refractivity contribution >= 4 is 15.8 Å². The van der Waals surface area contributed by atoms with E-state index >= 15 is 0 Å². The maximum atomic E-state index is 12.5. The molecule has 0 amide bonds. The van der Waals surface area contributed by atoms with Crippen LogP contribution in [0.2, 0.25) is 0 Å². The number of fused-ring (bicyclic) bond motifs is 1. The smallest absolute Gasteiger partial charge is 0.338 e. The summed E-state index contributed by atoms with van der Waals surface area (Å²) in [7, 11) is -3.24. The first-order chi connectivity index (χ1) is 9.46. The lowest BCUT2D eigenvalue weighted by atomic mass is 9.96. The van der Waals surface area contributed by atoms with Crippen LogP contribution >= 0.6 is 0 Å². The number of hydrogen-bond acceptors (Lipinski definition) is 5. The van der Waals surface area contributed by atoms with Crippen molar-refractivity contribution in [2.24, 2.45) is 5.73 Å². The molecule has 1 saturated carbocycles. The molecule has 0 saturated heterocycles. The van der Waals surface area contributed by atoms with Gasteiger partial charge in [0.2, 0.25) is 0 Å². The number of rotatable bonds is 4. The van der Waals surface area contributed by atoms with E-state index in [4.69, 9.17) is 10.5 Å². The fraction of sp³-hybridized carbons (Fsp3) is 0.500. The SMILES string of the molecule is Cc1c([C@H](CN)S(=O)(=O)C2CC2)ccc2c1COC2=O. The molecule has 0 spiro atoms. The zero-order valence-corrected chi connectivity index (χ0v) is 12.1. The molecule has 1 aromatic rings. The molecule has 1 aliphatic heterocycles. The third-order valence-corrected chi connectivity index (χ3v) is 6.79. The first-order valence-corrected chi connectivity index (χ1v) is 8.30. The molecule has 3 rings (SSSR count). The predicted molar refractivity (Wildman–Crippen MR) is 74.0 cm³/mol. The van der Waals surface area contributed by atoms with E-state index in [1.54, 1.807) is 12.1 Å². The Morgan fingerprint density at radius 3 is 2.70 bits per heavy atom. The first kappa shape index (κ1) is 13.6. The number of carbonyl (C=O) groups is 1. The summed E-state index contributed by atoms with van der Waals surface area (Å²) in [5, 5.41) is -0.933. The highest BCUT2D eigenvalue weighted by molar-refractivity contribution is 7.92. The van der Waals surface area contributed by atoms with Gasteiger partial charge in [-0.2, -0.15) is 0 Å². The maximum Gasteiger partial charge on any atom is 0.338 e. The molecule has 1 aromatic carbocycles. The van der Waals surface area contributed by atoms with E-state index in [2.05, 4.69) is 0 Å². The number of ether oxygens (including phenoxy) is 1. The molecular formula is C14H17NO4S. The number of carbonyl (C=O) groups excluding carboxylic acids is 1. The average molecular weight is 295 g/mol. The van der Waals surface area contributed by atoms with Crippen LogP contribution in [0.5, 0.6) is 0 Å². The minimum Gasteiger partial charge on any atom is -0.457 e. The second kappa shape index (κ2) is 4.56. The van der Waals surface area contributed by atoms with Gasteiger partial charge >= 0.3 is 5.97 Å². The highest BCUT2D eigenvalue weighted by atomic mass is 32.2. The topological polar surface area (TPSA) is 86.5 Å². The quantitative estimate of drug-likeness (QED) is 0.845. The van der Waals surface area contributed by atoms with Crippen LogP contribution in [0.25, 0.3) is 0 Å². The Balaban J connectivity index is 2.08. The number of nitrogens with two attached hydrogens (primary N) is 1. The summed E-state index contributed by atoms with van der Waals surface area (Å²) in [5.41, 5.74) is 8.56. The number of sulfone groups is 1. The summed E-state index contributed by atoms with van der Waals surface area (Å²) >= 11 is 0. The van der Waals surface area contributed by atoms with Crippen LogP contribution in [0, 0.1) is 6.92 Å². The summed E-state index contributed by atoms with van der Waals surface area (Å²) in [5.74, 6) is -0.344. The van der Waals surface area contributed by atoms with Crippen molar-refractivity contribution < 1.29 is 17.9 Å². The third kappa shape index (κ3) is 1.94. The van der Waals surface area contributed by atoms with Gasteiger partial charge in [-0.3, -0.25) is 0 Å². The molecule has 1 atom stereocenters. The van der Waals surface area contributed by atoms with Crippen molar-refractivity contribution in [2.75, 3.05) is 6.54 Å². The van der Waals surface area contributed by atoms with E-state index in [-0.39, 0.29) is 24.4 Å². The van der Waals surface area contributed by atoms with Gasteiger partial charge in [0, 0.05) is 12.1 Å². The Hall–Kier alpha value is -1.40. The highest BCUT2D eigenvalue weighted by Gasteiger charge is 2.42. The zero-order valence-electron chi connectivity index (χ0n) is 11.3. The molecule has 0 radical (unpaired) electrons. The molecule has 0 aromatic heterocycles. The lowest BCUT2D eigenvalue weighted by molar-refractivity contribution is 0.0535. The second-order valence-corrected chi connectivity index (χ2v) is 7.81. The normalized spacial score (nSPS) is 19.6. The molecule has 1 heterocycles. The van der Waals surface area contributed by atoms with Crippen molar-refractivity contribution in [1.82, 2.24) is 0 Å². The van der Waals surface area contributed by atoms with E-state index in [0.29, 0.717) is 11.1 Å². The minimum absolute atomic E-state index is 0.0628. The molecule has 0 unspecified atom stereocenters. The number of hydrogen-bond donors (Lipinski definition) is 1. The molecule has 0 bridgehead atoms. The maximum absolute atomic E-state index is 12.5. The molecule has 6 heteroatoms. The molecule has 1 aliphatic carbocycles. The Morgan fingerprint density at radius 2 is 2.10 bits per heavy atom. The van der Waals surface area contributed by atoms with E-state index in [9.17, 15) is 13.2 Å². The fourth-order valence-electron chi connectivity index (χ4n) is 2.78. The van der Waals surface area contributed by atoms with Gasteiger partial charge in [-0.1, -0.05) is 6.07 Å². The van der Waals surface area contributed by atoms with Crippen LogP contribution in [0.1, 0.15) is 45.1 Å². The van der Waals surface area contributed by atoms with E-state index in [0.717, 1.165) is 24.0 Å². The van der Waals surface area contributed by atoms with Crippen LogP contribution in [0.15, 0.2) is 12.1 Å². The van der Waals surface area contributed by atoms with Crippen LogP contribution < -0.4 is 5.73 Å². The van der Waals surface area contributed by atoms with Crippen molar-refractivity contribution in [2.45, 2.75) is 36.9 Å². The standard InChI is InChI=1S/C14H17NO4S/c1-8-10(4-5-11-12(8)7-19-14(11)16)13(6-15)20(17,18)9-2-3-9/h4-5,9,13H,2-3,6-7,15H2,1H3/t13-/m0/s1. The van der Waals surface area contributed by atoms with Crippen LogP contribution in [-0.4, -0.2) is 26.2 Å². The van der Waals surface area contributed by atoms with Crippen molar-refractivity contribution in [3.63, 3.8) is 0 Å². The van der Waals surface area contributed by atoms with E-state index in [1.807, 2.05) is 6.92 Å². The van der Waals surface area contributed by atoms with Gasteiger partial charge in [-0.05, 0) is 37.0 Å². The first-order valence-electron chi connectivity index (χ1n) is 6.69. The number of benzene rings is 1. The van der Waals surface area contributed by atoms with Crippen LogP contribution in [0.4, 0.5) is 0 Å². The second-order valence-electron chi connectivity index (χ2n) is 5.39. The van der Waals surface area contributed by atoms with Crippen molar-refractivity contribution in [3.8, 4) is 0 Å². The molecule has 2 aliphatic rings. The Morgan fingerprint density at radius 1 is 1.40 bits per heavy atom. The van der Waals surface area contributed by atoms with Gasteiger partial charge in [0.15, 0.2) is 9.84 Å². The minimum atomic E-state index is -3.24. The van der Waals surface area contributed by atoms with Gasteiger partial charge in [-0.15, -0.1) is 0 Å². The molecule has 20 heavy (non-hydrogen) atoms. The summed E-state index contributed by atoms with van der Waals surface area (Å²) in [6.07, 6.45) is 1.45. The predicted octanol–water partition coefficient (Wildman–Crippen LogP) is 1.24. The van der Waals surface area contributed by atoms with E-state index in [1.165, 1.54) is 0 Å². The lowest BCUT2D eigenvalue weighted by Crippen LogP contribution is -2.26. The lowest BCUT2D eigenvalue weighted by Gasteiger charge is -2.19. The molecule has 108 valence electrons. The fourth-order valence-corrected chi connectivity index (χ4v) is 4.92. The molecular weight excluding hydrogens is 278 g/mol. The Labute approximate surface area is 118 Å². The van der Waals surface area contributed by atoms with Gasteiger partial charge in [0.1, 0.15) is 6.61 Å². The Kier molecular flexibility index (Phi) is 3.10. The van der Waals surface area contributed by atoms with Crippen LogP contribution in [-0.2, 0) is 21.2 Å². The average Bonchev–Trinajstić information content (AvgIpc) is 3.19. The van der Waals surface area contributed by atoms with Gasteiger partial charge < -0.3 is 10.5 Å². The zero-order chi connectivity index (χ0) is 14.5. The highest BCUT2D eigenvalue weighted by Crippen LogP contribution is 2.39. The van der Waals surface area contributed by atoms with Gasteiger partial charge in [0.25, 0.3) is 0 Å². The summed E-state index contributed by atoms with van der Waals surface area (Å²) in [4.78, 5) is 11.5. The van der Waals surface area contributed by atoms with Gasteiger partial charge in [-0.25, -0.2) is 13.2 Å². The van der Waals surface area contributed by atoms with Crippen molar-refractivity contribution in [1.29, 1.82) is 0 Å². The van der Waals surface area contributed by atoms with Gasteiger partial charge in [0.05, 0.1) is 16.1 Å². The molecule has 1 fully saturated rings.